The smallest absolute Gasteiger partial charge is 0.279 e. The molecule has 0 aliphatic carbocycles. The van der Waals surface area contributed by atoms with Gasteiger partial charge in [0.05, 0.1) is 0 Å². The molecule has 0 bridgehead atoms. The summed E-state index contributed by atoms with van der Waals surface area (Å²) in [5.74, 6) is 0. The van der Waals surface area contributed by atoms with Crippen LogP contribution in [0.3, 0.4) is 0 Å². The molecule has 0 aromatic carbocycles. The van der Waals surface area contributed by atoms with Crippen LogP contribution in [0.25, 0.3) is 0 Å². The lowest BCUT2D eigenvalue weighted by Crippen LogP contribution is -2.53. The molecule has 0 aromatic heterocycles. The zero-order chi connectivity index (χ0) is 13.6. The molecule has 5 nitrogen and oxygen atoms in total. The molecule has 0 spiro atoms. The van der Waals surface area contributed by atoms with Crippen LogP contribution in [-0.2, 0) is 10.2 Å². The van der Waals surface area contributed by atoms with E-state index in [1.54, 1.807) is 4.31 Å². The second-order valence-electron chi connectivity index (χ2n) is 5.13. The van der Waals surface area contributed by atoms with E-state index in [4.69, 9.17) is 0 Å². The van der Waals surface area contributed by atoms with Crippen LogP contribution < -0.4 is 10.0 Å². The van der Waals surface area contributed by atoms with Crippen LogP contribution in [0.1, 0.15) is 46.0 Å². The molecule has 1 aliphatic rings. The molecule has 2 unspecified atom stereocenters. The fourth-order valence-corrected chi connectivity index (χ4v) is 4.25. The van der Waals surface area contributed by atoms with Gasteiger partial charge in [-0.3, -0.25) is 0 Å². The highest BCUT2D eigenvalue weighted by Gasteiger charge is 2.32. The first-order valence-corrected chi connectivity index (χ1v) is 8.39. The number of likely N-dealkylation sites (N-methyl/N-ethyl adjacent to an activating group) is 1. The highest BCUT2D eigenvalue weighted by atomic mass is 32.2. The maximum absolute atomic E-state index is 12.3. The first kappa shape index (κ1) is 15.9. The van der Waals surface area contributed by atoms with Gasteiger partial charge in [0.2, 0.25) is 0 Å². The Morgan fingerprint density at radius 1 is 1.39 bits per heavy atom. The standard InChI is InChI=1S/C12H27N3O2S/c1-4-7-11(2)14-18(16,17)15-9-6-5-8-12(15)10-13-3/h11-14H,4-10H2,1-3H3. The molecule has 1 saturated heterocycles. The van der Waals surface area contributed by atoms with Crippen LogP contribution in [0, 0.1) is 0 Å². The molecule has 2 atom stereocenters. The van der Waals surface area contributed by atoms with Crippen molar-refractivity contribution in [3.05, 3.63) is 0 Å². The van der Waals surface area contributed by atoms with Gasteiger partial charge in [0.15, 0.2) is 0 Å². The molecule has 0 saturated carbocycles. The Labute approximate surface area is 112 Å². The molecule has 18 heavy (non-hydrogen) atoms. The van der Waals surface area contributed by atoms with Gasteiger partial charge in [-0.05, 0) is 33.2 Å². The quantitative estimate of drug-likeness (QED) is 0.732. The Morgan fingerprint density at radius 3 is 2.72 bits per heavy atom. The van der Waals surface area contributed by atoms with Crippen LogP contribution in [0.2, 0.25) is 0 Å². The number of nitrogens with zero attached hydrogens (tertiary/aromatic N) is 1. The second-order valence-corrected chi connectivity index (χ2v) is 6.79. The van der Waals surface area contributed by atoms with Gasteiger partial charge in [-0.25, -0.2) is 0 Å². The lowest BCUT2D eigenvalue weighted by atomic mass is 10.1. The molecular formula is C12H27N3O2S. The van der Waals surface area contributed by atoms with Crippen molar-refractivity contribution in [2.45, 2.75) is 58.0 Å². The van der Waals surface area contributed by atoms with E-state index in [9.17, 15) is 8.42 Å². The SMILES string of the molecule is CCCC(C)NS(=O)(=O)N1CCCCC1CNC. The molecule has 0 aromatic rings. The minimum atomic E-state index is -3.33. The van der Waals surface area contributed by atoms with E-state index in [1.807, 2.05) is 14.0 Å². The van der Waals surface area contributed by atoms with Gasteiger partial charge in [-0.1, -0.05) is 19.8 Å². The van der Waals surface area contributed by atoms with Crippen molar-refractivity contribution >= 4 is 10.2 Å². The summed E-state index contributed by atoms with van der Waals surface area (Å²) in [5.41, 5.74) is 0. The van der Waals surface area contributed by atoms with Gasteiger partial charge in [-0.15, -0.1) is 0 Å². The molecule has 2 N–H and O–H groups in total. The average Bonchev–Trinajstić information content (AvgIpc) is 2.29. The lowest BCUT2D eigenvalue weighted by molar-refractivity contribution is 0.244. The van der Waals surface area contributed by atoms with E-state index in [0.29, 0.717) is 6.54 Å². The summed E-state index contributed by atoms with van der Waals surface area (Å²) in [7, 11) is -1.47. The first-order valence-electron chi connectivity index (χ1n) is 6.95. The van der Waals surface area contributed by atoms with Crippen LogP contribution in [-0.4, -0.2) is 44.9 Å². The van der Waals surface area contributed by atoms with Gasteiger partial charge in [0, 0.05) is 25.2 Å². The van der Waals surface area contributed by atoms with Crippen LogP contribution in [0.5, 0.6) is 0 Å². The normalized spacial score (nSPS) is 24.1. The van der Waals surface area contributed by atoms with Crippen molar-refractivity contribution in [1.82, 2.24) is 14.3 Å². The van der Waals surface area contributed by atoms with E-state index in [1.165, 1.54) is 0 Å². The second kappa shape index (κ2) is 7.43. The number of piperidine rings is 1. The van der Waals surface area contributed by atoms with Crippen molar-refractivity contribution in [3.63, 3.8) is 0 Å². The molecule has 1 aliphatic heterocycles. The zero-order valence-electron chi connectivity index (χ0n) is 11.8. The van der Waals surface area contributed by atoms with E-state index in [2.05, 4.69) is 17.0 Å². The van der Waals surface area contributed by atoms with Crippen LogP contribution in [0.15, 0.2) is 0 Å². The largest absolute Gasteiger partial charge is 0.318 e. The average molecular weight is 277 g/mol. The topological polar surface area (TPSA) is 61.4 Å². The molecule has 0 amide bonds. The van der Waals surface area contributed by atoms with Crippen molar-refractivity contribution in [3.8, 4) is 0 Å². The highest BCUT2D eigenvalue weighted by molar-refractivity contribution is 7.87. The number of hydrogen-bond acceptors (Lipinski definition) is 3. The minimum Gasteiger partial charge on any atom is -0.318 e. The van der Waals surface area contributed by atoms with Gasteiger partial charge in [0.25, 0.3) is 10.2 Å². The summed E-state index contributed by atoms with van der Waals surface area (Å²) in [6, 6.07) is 0.104. The Morgan fingerprint density at radius 2 is 2.11 bits per heavy atom. The van der Waals surface area contributed by atoms with Crippen molar-refractivity contribution in [1.29, 1.82) is 0 Å². The van der Waals surface area contributed by atoms with Crippen molar-refractivity contribution in [2.24, 2.45) is 0 Å². The third-order valence-electron chi connectivity index (χ3n) is 3.39. The first-order chi connectivity index (χ1) is 8.51. The predicted octanol–water partition coefficient (Wildman–Crippen LogP) is 1.08. The van der Waals surface area contributed by atoms with Crippen LogP contribution in [0.4, 0.5) is 0 Å². The van der Waals surface area contributed by atoms with E-state index in [-0.39, 0.29) is 12.1 Å². The summed E-state index contributed by atoms with van der Waals surface area (Å²) in [4.78, 5) is 0. The van der Waals surface area contributed by atoms with E-state index in [0.717, 1.165) is 38.6 Å². The molecule has 1 fully saturated rings. The van der Waals surface area contributed by atoms with Gasteiger partial charge >= 0.3 is 0 Å². The predicted molar refractivity (Wildman–Crippen MR) is 74.7 cm³/mol. The molecule has 6 heteroatoms. The molecule has 1 rings (SSSR count). The number of hydrogen-bond donors (Lipinski definition) is 2. The van der Waals surface area contributed by atoms with Crippen LogP contribution >= 0.6 is 0 Å². The third kappa shape index (κ3) is 4.50. The Hall–Kier alpha value is -0.170. The monoisotopic (exact) mass is 277 g/mol. The fourth-order valence-electron chi connectivity index (χ4n) is 2.54. The van der Waals surface area contributed by atoms with Gasteiger partial charge in [-0.2, -0.15) is 17.4 Å². The molecular weight excluding hydrogens is 250 g/mol. The number of rotatable bonds is 7. The van der Waals surface area contributed by atoms with Gasteiger partial charge < -0.3 is 5.32 Å². The zero-order valence-corrected chi connectivity index (χ0v) is 12.6. The van der Waals surface area contributed by atoms with Crippen molar-refractivity contribution < 1.29 is 8.42 Å². The van der Waals surface area contributed by atoms with Crippen molar-refractivity contribution in [2.75, 3.05) is 20.1 Å². The summed E-state index contributed by atoms with van der Waals surface area (Å²) in [6.07, 6.45) is 4.89. The highest BCUT2D eigenvalue weighted by Crippen LogP contribution is 2.19. The molecule has 1 heterocycles. The summed E-state index contributed by atoms with van der Waals surface area (Å²) < 4.78 is 29.1. The Bertz CT molecular complexity index is 330. The molecule has 0 radical (unpaired) electrons. The minimum absolute atomic E-state index is 0.0113. The Kier molecular flexibility index (Phi) is 6.55. The van der Waals surface area contributed by atoms with E-state index >= 15 is 0 Å². The summed E-state index contributed by atoms with van der Waals surface area (Å²) in [5, 5.41) is 3.08. The summed E-state index contributed by atoms with van der Waals surface area (Å²) in [6.45, 7) is 5.36. The van der Waals surface area contributed by atoms with E-state index < -0.39 is 10.2 Å². The Balaban J connectivity index is 2.68. The maximum Gasteiger partial charge on any atom is 0.279 e. The third-order valence-corrected chi connectivity index (χ3v) is 5.19. The maximum atomic E-state index is 12.3. The van der Waals surface area contributed by atoms with Gasteiger partial charge in [0.1, 0.15) is 0 Å². The lowest BCUT2D eigenvalue weighted by Gasteiger charge is -2.35. The summed E-state index contributed by atoms with van der Waals surface area (Å²) >= 11 is 0. The molecule has 108 valence electrons. The fraction of sp³-hybridized carbons (Fsp3) is 1.00. The number of nitrogens with one attached hydrogen (secondary N) is 2.